The molecule has 5 nitrogen and oxygen atoms in total. The molecule has 1 amide bonds. The number of thiophene rings is 1. The van der Waals surface area contributed by atoms with Crippen molar-refractivity contribution in [2.75, 3.05) is 12.3 Å². The molecule has 2 aromatic rings. The Morgan fingerprint density at radius 2 is 2.19 bits per heavy atom. The van der Waals surface area contributed by atoms with Crippen LogP contribution in [0.25, 0.3) is 10.2 Å². The zero-order chi connectivity index (χ0) is 19.4. The summed E-state index contributed by atoms with van der Waals surface area (Å²) in [5.74, 6) is 2.93. The molecule has 0 aliphatic heterocycles. The number of rotatable bonds is 7. The minimum absolute atomic E-state index is 0.0478. The summed E-state index contributed by atoms with van der Waals surface area (Å²) in [6.07, 6.45) is 10.4. The maximum absolute atomic E-state index is 13.3. The fourth-order valence-electron chi connectivity index (χ4n) is 3.25. The number of nitrogens with one attached hydrogen (secondary N) is 1. The molecular formula is C20H25N3O2S2. The van der Waals surface area contributed by atoms with E-state index in [0.29, 0.717) is 17.6 Å². The SMILES string of the molecule is C#CCNC(=O)CSc1nc2sc3c(c2c(=O)n1CCC(C)C)CCCC3. The van der Waals surface area contributed by atoms with Gasteiger partial charge in [0.15, 0.2) is 5.16 Å². The highest BCUT2D eigenvalue weighted by Gasteiger charge is 2.22. The van der Waals surface area contributed by atoms with Crippen LogP contribution < -0.4 is 10.9 Å². The molecule has 2 aromatic heterocycles. The van der Waals surface area contributed by atoms with E-state index in [-0.39, 0.29) is 23.8 Å². The molecule has 0 aromatic carbocycles. The summed E-state index contributed by atoms with van der Waals surface area (Å²) in [6, 6.07) is 0. The number of terminal acetylenes is 1. The average molecular weight is 404 g/mol. The van der Waals surface area contributed by atoms with E-state index in [1.165, 1.54) is 28.6 Å². The van der Waals surface area contributed by atoms with E-state index >= 15 is 0 Å². The first-order chi connectivity index (χ1) is 13.0. The number of hydrogen-bond acceptors (Lipinski definition) is 5. The molecule has 0 atom stereocenters. The first-order valence-electron chi connectivity index (χ1n) is 9.39. The zero-order valence-electron chi connectivity index (χ0n) is 15.8. The van der Waals surface area contributed by atoms with Gasteiger partial charge in [0.2, 0.25) is 5.91 Å². The number of thioether (sulfide) groups is 1. The van der Waals surface area contributed by atoms with Gasteiger partial charge in [0.1, 0.15) is 4.83 Å². The summed E-state index contributed by atoms with van der Waals surface area (Å²) in [4.78, 5) is 32.1. The molecule has 3 rings (SSSR count). The predicted molar refractivity (Wildman–Crippen MR) is 113 cm³/mol. The minimum atomic E-state index is -0.145. The fraction of sp³-hybridized carbons (Fsp3) is 0.550. The largest absolute Gasteiger partial charge is 0.344 e. The van der Waals surface area contributed by atoms with Gasteiger partial charge in [-0.15, -0.1) is 17.8 Å². The van der Waals surface area contributed by atoms with Crippen LogP contribution in [0.2, 0.25) is 0 Å². The number of aromatic nitrogens is 2. The fourth-order valence-corrected chi connectivity index (χ4v) is 5.40. The van der Waals surface area contributed by atoms with Gasteiger partial charge in [-0.3, -0.25) is 14.2 Å². The van der Waals surface area contributed by atoms with Crippen LogP contribution in [0.15, 0.2) is 9.95 Å². The molecule has 1 aliphatic carbocycles. The van der Waals surface area contributed by atoms with Gasteiger partial charge in [-0.05, 0) is 43.6 Å². The molecule has 0 radical (unpaired) electrons. The molecule has 0 bridgehead atoms. The number of amides is 1. The summed E-state index contributed by atoms with van der Waals surface area (Å²) in [7, 11) is 0. The predicted octanol–water partition coefficient (Wildman–Crippen LogP) is 3.22. The summed E-state index contributed by atoms with van der Waals surface area (Å²) in [6.45, 7) is 5.12. The molecule has 144 valence electrons. The van der Waals surface area contributed by atoms with E-state index < -0.39 is 0 Å². The second kappa shape index (κ2) is 8.94. The smallest absolute Gasteiger partial charge is 0.263 e. The first-order valence-corrected chi connectivity index (χ1v) is 11.2. The molecule has 0 saturated carbocycles. The van der Waals surface area contributed by atoms with Crippen molar-refractivity contribution in [2.24, 2.45) is 5.92 Å². The average Bonchev–Trinajstić information content (AvgIpc) is 3.02. The Hall–Kier alpha value is -1.78. The third kappa shape index (κ3) is 4.56. The molecule has 0 unspecified atom stereocenters. The van der Waals surface area contributed by atoms with E-state index in [2.05, 4.69) is 25.1 Å². The Bertz CT molecular complexity index is 937. The van der Waals surface area contributed by atoms with Crippen molar-refractivity contribution in [1.29, 1.82) is 0 Å². The van der Waals surface area contributed by atoms with Crippen LogP contribution in [0.5, 0.6) is 0 Å². The number of aryl methyl sites for hydroxylation is 2. The van der Waals surface area contributed by atoms with Gasteiger partial charge in [-0.2, -0.15) is 0 Å². The van der Waals surface area contributed by atoms with Crippen molar-refractivity contribution < 1.29 is 4.79 Å². The van der Waals surface area contributed by atoms with Crippen molar-refractivity contribution in [1.82, 2.24) is 14.9 Å². The van der Waals surface area contributed by atoms with Crippen molar-refractivity contribution >= 4 is 39.2 Å². The van der Waals surface area contributed by atoms with Crippen molar-refractivity contribution in [3.8, 4) is 12.3 Å². The number of fused-ring (bicyclic) bond motifs is 3. The third-order valence-electron chi connectivity index (χ3n) is 4.69. The van der Waals surface area contributed by atoms with E-state index in [0.717, 1.165) is 35.9 Å². The number of nitrogens with zero attached hydrogens (tertiary/aromatic N) is 2. The molecule has 1 N–H and O–H groups in total. The van der Waals surface area contributed by atoms with Gasteiger partial charge in [-0.1, -0.05) is 31.5 Å². The Labute approximate surface area is 168 Å². The number of carbonyl (C=O) groups excluding carboxylic acids is 1. The Morgan fingerprint density at radius 3 is 2.93 bits per heavy atom. The highest BCUT2D eigenvalue weighted by molar-refractivity contribution is 7.99. The van der Waals surface area contributed by atoms with Crippen LogP contribution in [0, 0.1) is 18.3 Å². The lowest BCUT2D eigenvalue weighted by molar-refractivity contribution is -0.118. The lowest BCUT2D eigenvalue weighted by Gasteiger charge is -2.14. The molecule has 1 aliphatic rings. The Kier molecular flexibility index (Phi) is 6.61. The van der Waals surface area contributed by atoms with Gasteiger partial charge >= 0.3 is 0 Å². The third-order valence-corrected chi connectivity index (χ3v) is 6.85. The Morgan fingerprint density at radius 1 is 1.41 bits per heavy atom. The summed E-state index contributed by atoms with van der Waals surface area (Å²) < 4.78 is 1.77. The highest BCUT2D eigenvalue weighted by atomic mass is 32.2. The van der Waals surface area contributed by atoms with Crippen molar-refractivity contribution in [2.45, 2.75) is 57.7 Å². The lowest BCUT2D eigenvalue weighted by Crippen LogP contribution is -2.27. The van der Waals surface area contributed by atoms with E-state index in [4.69, 9.17) is 11.4 Å². The second-order valence-electron chi connectivity index (χ2n) is 7.19. The van der Waals surface area contributed by atoms with Gasteiger partial charge in [0.05, 0.1) is 17.7 Å². The zero-order valence-corrected chi connectivity index (χ0v) is 17.5. The number of carbonyl (C=O) groups is 1. The molecule has 7 heteroatoms. The van der Waals surface area contributed by atoms with Crippen LogP contribution in [-0.2, 0) is 24.2 Å². The summed E-state index contributed by atoms with van der Waals surface area (Å²) in [5, 5.41) is 4.09. The molecular weight excluding hydrogens is 378 g/mol. The lowest BCUT2D eigenvalue weighted by atomic mass is 9.97. The Balaban J connectivity index is 1.97. The van der Waals surface area contributed by atoms with Crippen LogP contribution in [0.1, 0.15) is 43.6 Å². The second-order valence-corrected chi connectivity index (χ2v) is 9.22. The van der Waals surface area contributed by atoms with E-state index in [1.54, 1.807) is 15.9 Å². The maximum atomic E-state index is 13.3. The number of hydrogen-bond donors (Lipinski definition) is 1. The van der Waals surface area contributed by atoms with Crippen molar-refractivity contribution in [3.63, 3.8) is 0 Å². The molecule has 0 spiro atoms. The monoisotopic (exact) mass is 403 g/mol. The molecule has 0 saturated heterocycles. The van der Waals surface area contributed by atoms with Crippen LogP contribution in [0.4, 0.5) is 0 Å². The van der Waals surface area contributed by atoms with Gasteiger partial charge in [0, 0.05) is 11.4 Å². The van der Waals surface area contributed by atoms with Gasteiger partial charge < -0.3 is 5.32 Å². The maximum Gasteiger partial charge on any atom is 0.263 e. The normalized spacial score (nSPS) is 13.6. The first kappa shape index (κ1) is 20.0. The summed E-state index contributed by atoms with van der Waals surface area (Å²) in [5.41, 5.74) is 1.26. The van der Waals surface area contributed by atoms with E-state index in [9.17, 15) is 9.59 Å². The summed E-state index contributed by atoms with van der Waals surface area (Å²) >= 11 is 2.95. The molecule has 2 heterocycles. The van der Waals surface area contributed by atoms with Gasteiger partial charge in [0.25, 0.3) is 5.56 Å². The minimum Gasteiger partial charge on any atom is -0.344 e. The van der Waals surface area contributed by atoms with E-state index in [1.807, 2.05) is 0 Å². The molecule has 27 heavy (non-hydrogen) atoms. The highest BCUT2D eigenvalue weighted by Crippen LogP contribution is 2.34. The standard InChI is InChI=1S/C20H25N3O2S2/c1-4-10-21-16(24)12-26-20-22-18-17(14-7-5-6-8-15(14)27-18)19(25)23(20)11-9-13(2)3/h1,13H,5-12H2,2-3H3,(H,21,24). The van der Waals surface area contributed by atoms with Gasteiger partial charge in [-0.25, -0.2) is 4.98 Å². The molecule has 0 fully saturated rings. The topological polar surface area (TPSA) is 64.0 Å². The van der Waals surface area contributed by atoms with Crippen LogP contribution in [0.3, 0.4) is 0 Å². The van der Waals surface area contributed by atoms with Crippen LogP contribution >= 0.6 is 23.1 Å². The van der Waals surface area contributed by atoms with Crippen molar-refractivity contribution in [3.05, 3.63) is 20.8 Å². The van der Waals surface area contributed by atoms with Crippen LogP contribution in [-0.4, -0.2) is 27.8 Å². The quantitative estimate of drug-likeness (QED) is 0.438.